The van der Waals surface area contributed by atoms with E-state index in [1.807, 2.05) is 13.0 Å². The van der Waals surface area contributed by atoms with Gasteiger partial charge in [-0.3, -0.25) is 0 Å². The molecule has 1 fully saturated rings. The number of rotatable bonds is 4. The SMILES string of the molecule is CCOC(=O)/C=C/C1CCN(C(C)C)CC1. The predicted molar refractivity (Wildman–Crippen MR) is 65.2 cm³/mol. The third kappa shape index (κ3) is 4.35. The summed E-state index contributed by atoms with van der Waals surface area (Å²) < 4.78 is 4.86. The van der Waals surface area contributed by atoms with E-state index >= 15 is 0 Å². The number of allylic oxidation sites excluding steroid dienone is 1. The molecule has 0 unspecified atom stereocenters. The number of nitrogens with zero attached hydrogens (tertiary/aromatic N) is 1. The molecule has 0 N–H and O–H groups in total. The van der Waals surface area contributed by atoms with Crippen molar-refractivity contribution in [1.29, 1.82) is 0 Å². The second-order valence-electron chi connectivity index (χ2n) is 4.58. The average molecular weight is 225 g/mol. The number of ether oxygens (including phenoxy) is 1. The fraction of sp³-hybridized carbons (Fsp3) is 0.769. The summed E-state index contributed by atoms with van der Waals surface area (Å²) in [6.45, 7) is 9.01. The first-order valence-corrected chi connectivity index (χ1v) is 6.22. The first-order valence-electron chi connectivity index (χ1n) is 6.22. The zero-order valence-corrected chi connectivity index (χ0v) is 10.6. The van der Waals surface area contributed by atoms with E-state index in [1.54, 1.807) is 6.08 Å². The molecule has 1 aliphatic heterocycles. The van der Waals surface area contributed by atoms with Gasteiger partial charge in [0, 0.05) is 12.1 Å². The van der Waals surface area contributed by atoms with Crippen molar-refractivity contribution < 1.29 is 9.53 Å². The van der Waals surface area contributed by atoms with Crippen molar-refractivity contribution in [3.8, 4) is 0 Å². The summed E-state index contributed by atoms with van der Waals surface area (Å²) in [5, 5.41) is 0. The molecule has 0 bridgehead atoms. The van der Waals surface area contributed by atoms with Crippen molar-refractivity contribution in [2.75, 3.05) is 19.7 Å². The van der Waals surface area contributed by atoms with Gasteiger partial charge in [-0.15, -0.1) is 0 Å². The molecule has 1 rings (SSSR count). The lowest BCUT2D eigenvalue weighted by molar-refractivity contribution is -0.137. The molecule has 0 radical (unpaired) electrons. The van der Waals surface area contributed by atoms with Crippen molar-refractivity contribution >= 4 is 5.97 Å². The van der Waals surface area contributed by atoms with Crippen LogP contribution in [-0.4, -0.2) is 36.6 Å². The number of carbonyl (C=O) groups excluding carboxylic acids is 1. The molecular formula is C13H23NO2. The van der Waals surface area contributed by atoms with Gasteiger partial charge in [-0.25, -0.2) is 4.79 Å². The van der Waals surface area contributed by atoms with Gasteiger partial charge >= 0.3 is 5.97 Å². The van der Waals surface area contributed by atoms with Crippen molar-refractivity contribution in [3.05, 3.63) is 12.2 Å². The summed E-state index contributed by atoms with van der Waals surface area (Å²) in [6, 6.07) is 0.634. The third-order valence-corrected chi connectivity index (χ3v) is 3.10. The van der Waals surface area contributed by atoms with Gasteiger partial charge in [0.25, 0.3) is 0 Å². The van der Waals surface area contributed by atoms with Crippen LogP contribution >= 0.6 is 0 Å². The molecule has 3 heteroatoms. The fourth-order valence-electron chi connectivity index (χ4n) is 2.03. The Balaban J connectivity index is 2.29. The van der Waals surface area contributed by atoms with Gasteiger partial charge in [-0.05, 0) is 52.6 Å². The maximum Gasteiger partial charge on any atom is 0.330 e. The number of hydrogen-bond acceptors (Lipinski definition) is 3. The number of hydrogen-bond donors (Lipinski definition) is 0. The van der Waals surface area contributed by atoms with E-state index in [2.05, 4.69) is 18.7 Å². The Morgan fingerprint density at radius 1 is 1.44 bits per heavy atom. The van der Waals surface area contributed by atoms with Crippen LogP contribution in [-0.2, 0) is 9.53 Å². The Hall–Kier alpha value is -0.830. The highest BCUT2D eigenvalue weighted by Gasteiger charge is 2.18. The van der Waals surface area contributed by atoms with Crippen molar-refractivity contribution in [2.45, 2.75) is 39.7 Å². The van der Waals surface area contributed by atoms with Gasteiger partial charge in [-0.1, -0.05) is 6.08 Å². The molecule has 0 aromatic rings. The maximum absolute atomic E-state index is 11.1. The number of carbonyl (C=O) groups is 1. The van der Waals surface area contributed by atoms with E-state index < -0.39 is 0 Å². The van der Waals surface area contributed by atoms with Crippen molar-refractivity contribution in [2.24, 2.45) is 5.92 Å². The van der Waals surface area contributed by atoms with E-state index in [-0.39, 0.29) is 5.97 Å². The highest BCUT2D eigenvalue weighted by atomic mass is 16.5. The number of likely N-dealkylation sites (tertiary alicyclic amines) is 1. The highest BCUT2D eigenvalue weighted by Crippen LogP contribution is 2.19. The molecule has 92 valence electrons. The molecule has 1 heterocycles. The van der Waals surface area contributed by atoms with Gasteiger partial charge in [0.15, 0.2) is 0 Å². The zero-order valence-electron chi connectivity index (χ0n) is 10.6. The molecule has 0 spiro atoms. The molecule has 1 saturated heterocycles. The Kier molecular flexibility index (Phi) is 5.53. The molecule has 0 saturated carbocycles. The summed E-state index contributed by atoms with van der Waals surface area (Å²) >= 11 is 0. The van der Waals surface area contributed by atoms with Gasteiger partial charge < -0.3 is 9.64 Å². The zero-order chi connectivity index (χ0) is 12.0. The molecule has 0 aliphatic carbocycles. The second-order valence-corrected chi connectivity index (χ2v) is 4.58. The van der Waals surface area contributed by atoms with E-state index in [0.717, 1.165) is 25.9 Å². The number of esters is 1. The molecule has 0 amide bonds. The van der Waals surface area contributed by atoms with E-state index in [9.17, 15) is 4.79 Å². The second kappa shape index (κ2) is 6.69. The fourth-order valence-corrected chi connectivity index (χ4v) is 2.03. The van der Waals surface area contributed by atoms with Crippen LogP contribution in [0.25, 0.3) is 0 Å². The largest absolute Gasteiger partial charge is 0.463 e. The Labute approximate surface area is 98.5 Å². The van der Waals surface area contributed by atoms with Crippen LogP contribution < -0.4 is 0 Å². The van der Waals surface area contributed by atoms with E-state index in [1.165, 1.54) is 0 Å². The maximum atomic E-state index is 11.1. The van der Waals surface area contributed by atoms with Gasteiger partial charge in [0.05, 0.1) is 6.61 Å². The molecule has 0 aromatic carbocycles. The molecule has 0 atom stereocenters. The predicted octanol–water partition coefficient (Wildman–Crippen LogP) is 2.23. The van der Waals surface area contributed by atoms with E-state index in [4.69, 9.17) is 4.74 Å². The monoisotopic (exact) mass is 225 g/mol. The first-order chi connectivity index (χ1) is 7.63. The smallest absolute Gasteiger partial charge is 0.330 e. The molecule has 3 nitrogen and oxygen atoms in total. The van der Waals surface area contributed by atoms with Crippen LogP contribution in [0.3, 0.4) is 0 Å². The van der Waals surface area contributed by atoms with E-state index in [0.29, 0.717) is 18.6 Å². The minimum atomic E-state index is -0.214. The molecule has 16 heavy (non-hydrogen) atoms. The first kappa shape index (κ1) is 13.2. The minimum absolute atomic E-state index is 0.214. The Morgan fingerprint density at radius 3 is 2.56 bits per heavy atom. The lowest BCUT2D eigenvalue weighted by Crippen LogP contribution is -2.38. The molecule has 0 aromatic heterocycles. The lowest BCUT2D eigenvalue weighted by atomic mass is 9.95. The van der Waals surface area contributed by atoms with Crippen molar-refractivity contribution in [3.63, 3.8) is 0 Å². The molecular weight excluding hydrogens is 202 g/mol. The van der Waals surface area contributed by atoms with Crippen LogP contribution in [0.5, 0.6) is 0 Å². The standard InChI is InChI=1S/C13H23NO2/c1-4-16-13(15)6-5-12-7-9-14(10-8-12)11(2)3/h5-6,11-12H,4,7-10H2,1-3H3/b6-5+. The minimum Gasteiger partial charge on any atom is -0.463 e. The summed E-state index contributed by atoms with van der Waals surface area (Å²) in [7, 11) is 0. The normalized spacial score (nSPS) is 19.5. The van der Waals surface area contributed by atoms with Crippen LogP contribution in [0.2, 0.25) is 0 Å². The van der Waals surface area contributed by atoms with Crippen LogP contribution in [0.15, 0.2) is 12.2 Å². The number of piperidine rings is 1. The molecule has 1 aliphatic rings. The highest BCUT2D eigenvalue weighted by molar-refractivity contribution is 5.81. The lowest BCUT2D eigenvalue weighted by Gasteiger charge is -2.33. The van der Waals surface area contributed by atoms with Crippen molar-refractivity contribution in [1.82, 2.24) is 4.90 Å². The van der Waals surface area contributed by atoms with Gasteiger partial charge in [0.1, 0.15) is 0 Å². The average Bonchev–Trinajstić information content (AvgIpc) is 2.27. The van der Waals surface area contributed by atoms with Crippen LogP contribution in [0.1, 0.15) is 33.6 Å². The summed E-state index contributed by atoms with van der Waals surface area (Å²) in [4.78, 5) is 13.6. The van der Waals surface area contributed by atoms with Gasteiger partial charge in [-0.2, -0.15) is 0 Å². The Bertz CT molecular complexity index is 240. The summed E-state index contributed by atoms with van der Waals surface area (Å²) in [5.74, 6) is 0.327. The van der Waals surface area contributed by atoms with Crippen LogP contribution in [0.4, 0.5) is 0 Å². The van der Waals surface area contributed by atoms with Gasteiger partial charge in [0.2, 0.25) is 0 Å². The Morgan fingerprint density at radius 2 is 2.06 bits per heavy atom. The topological polar surface area (TPSA) is 29.5 Å². The summed E-state index contributed by atoms with van der Waals surface area (Å²) in [6.07, 6.45) is 5.89. The third-order valence-electron chi connectivity index (χ3n) is 3.10. The summed E-state index contributed by atoms with van der Waals surface area (Å²) in [5.41, 5.74) is 0. The van der Waals surface area contributed by atoms with Crippen LogP contribution in [0, 0.1) is 5.92 Å². The quantitative estimate of drug-likeness (QED) is 0.543.